The summed E-state index contributed by atoms with van der Waals surface area (Å²) in [4.78, 5) is 8.22. The number of rotatable bonds is 8. The summed E-state index contributed by atoms with van der Waals surface area (Å²) >= 11 is 0. The minimum Gasteiger partial charge on any atom is -0.486 e. The van der Waals surface area contributed by atoms with Crippen molar-refractivity contribution in [3.8, 4) is 5.75 Å². The monoisotopic (exact) mass is 387 g/mol. The molecule has 0 aliphatic heterocycles. The lowest BCUT2D eigenvalue weighted by Gasteiger charge is -2.17. The number of hydrogen-bond acceptors (Lipinski definition) is 6. The molecule has 0 spiro atoms. The van der Waals surface area contributed by atoms with Crippen molar-refractivity contribution in [2.24, 2.45) is 7.05 Å². The fraction of sp³-hybridized carbons (Fsp3) is 0.278. The largest absolute Gasteiger partial charge is 0.486 e. The third-order valence-corrected chi connectivity index (χ3v) is 5.61. The van der Waals surface area contributed by atoms with E-state index in [0.29, 0.717) is 18.0 Å². The summed E-state index contributed by atoms with van der Waals surface area (Å²) in [5, 5.41) is 3.97. The predicted octanol–water partition coefficient (Wildman–Crippen LogP) is 2.22. The lowest BCUT2D eigenvalue weighted by molar-refractivity contribution is 0.289. The van der Waals surface area contributed by atoms with E-state index in [-0.39, 0.29) is 17.5 Å². The molecule has 0 amide bonds. The molecule has 1 aromatic carbocycles. The highest BCUT2D eigenvalue weighted by atomic mass is 32.2. The smallest absolute Gasteiger partial charge is 0.241 e. The van der Waals surface area contributed by atoms with Gasteiger partial charge in [0.1, 0.15) is 18.7 Å². The SMILES string of the molecule is CCC(NS(=O)(=O)c1ccc(OCc2ncnn2C)cc1)c1ccncc1. The normalized spacial score (nSPS) is 12.7. The second-order valence-electron chi connectivity index (χ2n) is 5.92. The van der Waals surface area contributed by atoms with Gasteiger partial charge in [-0.2, -0.15) is 5.10 Å². The van der Waals surface area contributed by atoms with Crippen LogP contribution in [0.1, 0.15) is 30.8 Å². The van der Waals surface area contributed by atoms with Crippen LogP contribution in [-0.2, 0) is 23.7 Å². The van der Waals surface area contributed by atoms with Crippen LogP contribution in [0.3, 0.4) is 0 Å². The predicted molar refractivity (Wildman–Crippen MR) is 99.4 cm³/mol. The Morgan fingerprint density at radius 2 is 1.85 bits per heavy atom. The molecule has 1 unspecified atom stereocenters. The summed E-state index contributed by atoms with van der Waals surface area (Å²) in [6, 6.07) is 9.59. The van der Waals surface area contributed by atoms with Crippen molar-refractivity contribution in [1.82, 2.24) is 24.5 Å². The molecule has 0 fully saturated rings. The van der Waals surface area contributed by atoms with Crippen LogP contribution in [0.25, 0.3) is 0 Å². The van der Waals surface area contributed by atoms with E-state index in [1.807, 2.05) is 6.92 Å². The second-order valence-corrected chi connectivity index (χ2v) is 7.64. The van der Waals surface area contributed by atoms with Crippen LogP contribution >= 0.6 is 0 Å². The van der Waals surface area contributed by atoms with Gasteiger partial charge in [-0.25, -0.2) is 18.1 Å². The Morgan fingerprint density at radius 1 is 1.15 bits per heavy atom. The van der Waals surface area contributed by atoms with Crippen LogP contribution in [0.2, 0.25) is 0 Å². The van der Waals surface area contributed by atoms with Crippen molar-refractivity contribution in [3.05, 3.63) is 66.5 Å². The minimum absolute atomic E-state index is 0.181. The molecule has 0 radical (unpaired) electrons. The van der Waals surface area contributed by atoms with Crippen molar-refractivity contribution in [3.63, 3.8) is 0 Å². The maximum Gasteiger partial charge on any atom is 0.241 e. The Kier molecular flexibility index (Phi) is 5.82. The molecule has 9 heteroatoms. The maximum absolute atomic E-state index is 12.7. The topological polar surface area (TPSA) is 99.0 Å². The summed E-state index contributed by atoms with van der Waals surface area (Å²) in [5.74, 6) is 1.23. The molecule has 8 nitrogen and oxygen atoms in total. The lowest BCUT2D eigenvalue weighted by Crippen LogP contribution is -2.28. The van der Waals surface area contributed by atoms with E-state index in [2.05, 4.69) is 19.8 Å². The van der Waals surface area contributed by atoms with Crippen molar-refractivity contribution in [2.45, 2.75) is 30.9 Å². The fourth-order valence-corrected chi connectivity index (χ4v) is 3.86. The third-order valence-electron chi connectivity index (χ3n) is 4.12. The van der Waals surface area contributed by atoms with Crippen molar-refractivity contribution >= 4 is 10.0 Å². The number of ether oxygens (including phenoxy) is 1. The molecule has 0 aliphatic rings. The Bertz CT molecular complexity index is 972. The molecular formula is C18H21N5O3S. The number of aromatic nitrogens is 4. The molecular weight excluding hydrogens is 366 g/mol. The molecule has 0 saturated carbocycles. The first kappa shape index (κ1) is 19.0. The van der Waals surface area contributed by atoms with Gasteiger partial charge in [-0.3, -0.25) is 9.67 Å². The summed E-state index contributed by atoms with van der Waals surface area (Å²) < 4.78 is 35.4. The third kappa shape index (κ3) is 4.69. The maximum atomic E-state index is 12.7. The highest BCUT2D eigenvalue weighted by Gasteiger charge is 2.20. The summed E-state index contributed by atoms with van der Waals surface area (Å²) in [5.41, 5.74) is 0.875. The molecule has 27 heavy (non-hydrogen) atoms. The van der Waals surface area contributed by atoms with Crippen LogP contribution in [0.4, 0.5) is 0 Å². The van der Waals surface area contributed by atoms with Gasteiger partial charge in [0.25, 0.3) is 0 Å². The molecule has 2 heterocycles. The summed E-state index contributed by atoms with van der Waals surface area (Å²) in [6.45, 7) is 2.18. The Hall–Kier alpha value is -2.78. The number of hydrogen-bond donors (Lipinski definition) is 1. The number of nitrogens with one attached hydrogen (secondary N) is 1. The first-order valence-corrected chi connectivity index (χ1v) is 9.96. The molecule has 142 valence electrons. The molecule has 1 N–H and O–H groups in total. The van der Waals surface area contributed by atoms with Gasteiger partial charge in [-0.05, 0) is 48.4 Å². The Morgan fingerprint density at radius 3 is 2.44 bits per heavy atom. The highest BCUT2D eigenvalue weighted by Crippen LogP contribution is 2.21. The molecule has 3 aromatic rings. The Labute approximate surface area is 158 Å². The number of pyridine rings is 1. The van der Waals surface area contributed by atoms with Gasteiger partial charge in [0.15, 0.2) is 5.82 Å². The molecule has 0 aliphatic carbocycles. The van der Waals surface area contributed by atoms with Crippen molar-refractivity contribution < 1.29 is 13.2 Å². The quantitative estimate of drug-likeness (QED) is 0.636. The molecule has 0 bridgehead atoms. The van der Waals surface area contributed by atoms with Gasteiger partial charge in [0.05, 0.1) is 4.90 Å². The Balaban J connectivity index is 1.68. The zero-order chi connectivity index (χ0) is 19.3. The average molecular weight is 387 g/mol. The number of sulfonamides is 1. The van der Waals surface area contributed by atoms with E-state index in [4.69, 9.17) is 4.74 Å². The summed E-state index contributed by atoms with van der Waals surface area (Å²) in [6.07, 6.45) is 5.38. The fourth-order valence-electron chi connectivity index (χ4n) is 2.55. The van der Waals surface area contributed by atoms with E-state index in [1.54, 1.807) is 48.4 Å². The number of benzene rings is 1. The van der Waals surface area contributed by atoms with Gasteiger partial charge in [-0.1, -0.05) is 6.92 Å². The van der Waals surface area contributed by atoms with E-state index < -0.39 is 10.0 Å². The summed E-state index contributed by atoms with van der Waals surface area (Å²) in [7, 11) is -1.88. The van der Waals surface area contributed by atoms with Gasteiger partial charge in [-0.15, -0.1) is 0 Å². The second kappa shape index (κ2) is 8.28. The molecule has 1 atom stereocenters. The van der Waals surface area contributed by atoms with Crippen LogP contribution in [-0.4, -0.2) is 28.2 Å². The van der Waals surface area contributed by atoms with E-state index in [0.717, 1.165) is 5.56 Å². The highest BCUT2D eigenvalue weighted by molar-refractivity contribution is 7.89. The van der Waals surface area contributed by atoms with Crippen molar-refractivity contribution in [1.29, 1.82) is 0 Å². The van der Waals surface area contributed by atoms with Crippen molar-refractivity contribution in [2.75, 3.05) is 0 Å². The van der Waals surface area contributed by atoms with E-state index >= 15 is 0 Å². The minimum atomic E-state index is -3.65. The first-order valence-electron chi connectivity index (χ1n) is 8.47. The van der Waals surface area contributed by atoms with Crippen LogP contribution < -0.4 is 9.46 Å². The van der Waals surface area contributed by atoms with Gasteiger partial charge in [0.2, 0.25) is 10.0 Å². The average Bonchev–Trinajstić information content (AvgIpc) is 3.10. The zero-order valence-electron chi connectivity index (χ0n) is 15.1. The van der Waals surface area contributed by atoms with E-state index in [9.17, 15) is 8.42 Å². The van der Waals surface area contributed by atoms with Crippen LogP contribution in [0.15, 0.2) is 60.0 Å². The van der Waals surface area contributed by atoms with Gasteiger partial charge in [0, 0.05) is 25.5 Å². The number of aryl methyl sites for hydroxylation is 1. The number of nitrogens with zero attached hydrogens (tertiary/aromatic N) is 4. The molecule has 2 aromatic heterocycles. The first-order chi connectivity index (χ1) is 13.0. The molecule has 0 saturated heterocycles. The standard InChI is InChI=1S/C18H21N5O3S/c1-3-17(14-8-10-19-11-9-14)22-27(24,25)16-6-4-15(5-7-16)26-12-18-20-13-21-23(18)2/h4-11,13,17,22H,3,12H2,1-2H3. The lowest BCUT2D eigenvalue weighted by atomic mass is 10.1. The van der Waals surface area contributed by atoms with Gasteiger partial charge < -0.3 is 4.74 Å². The molecule has 3 rings (SSSR count). The van der Waals surface area contributed by atoms with Gasteiger partial charge >= 0.3 is 0 Å². The van der Waals surface area contributed by atoms with E-state index in [1.165, 1.54) is 18.5 Å². The van der Waals surface area contributed by atoms with Crippen LogP contribution in [0, 0.1) is 0 Å². The van der Waals surface area contributed by atoms with Crippen LogP contribution in [0.5, 0.6) is 5.75 Å². The zero-order valence-corrected chi connectivity index (χ0v) is 15.9.